The lowest BCUT2D eigenvalue weighted by molar-refractivity contribution is 0.474. The molecule has 0 fully saturated rings. The van der Waals surface area contributed by atoms with E-state index < -0.39 is 0 Å². The number of rotatable bonds is 4. The summed E-state index contributed by atoms with van der Waals surface area (Å²) in [7, 11) is 0. The molecule has 0 aromatic heterocycles. The van der Waals surface area contributed by atoms with E-state index in [0.29, 0.717) is 5.56 Å². The molecule has 0 spiro atoms. The van der Waals surface area contributed by atoms with Gasteiger partial charge in [0.15, 0.2) is 0 Å². The van der Waals surface area contributed by atoms with Crippen LogP contribution in [-0.4, -0.2) is 0 Å². The molecule has 0 aliphatic heterocycles. The van der Waals surface area contributed by atoms with Gasteiger partial charge >= 0.3 is 0 Å². The highest BCUT2D eigenvalue weighted by Gasteiger charge is 2.16. The second kappa shape index (κ2) is 6.70. The quantitative estimate of drug-likeness (QED) is 0.746. The van der Waals surface area contributed by atoms with Crippen LogP contribution in [0.25, 0.3) is 0 Å². The standard InChI is InChI=1S/C16H16BrClFN/c1-10(13-5-3-4-6-15(13)18)20-11(2)14-8-7-12(17)9-16(14)19/h3-11,20H,1-2H3/t10-,11?/m1/s1. The van der Waals surface area contributed by atoms with Gasteiger partial charge in [0.1, 0.15) is 5.82 Å². The molecule has 0 radical (unpaired) electrons. The highest BCUT2D eigenvalue weighted by atomic mass is 79.9. The van der Waals surface area contributed by atoms with Crippen molar-refractivity contribution in [2.24, 2.45) is 0 Å². The maximum atomic E-state index is 13.9. The summed E-state index contributed by atoms with van der Waals surface area (Å²) in [6.45, 7) is 3.97. The van der Waals surface area contributed by atoms with Crippen LogP contribution in [0.15, 0.2) is 46.9 Å². The number of benzene rings is 2. The number of halogens is 3. The minimum Gasteiger partial charge on any atom is -0.303 e. The van der Waals surface area contributed by atoms with Gasteiger partial charge in [0.2, 0.25) is 0 Å². The van der Waals surface area contributed by atoms with Gasteiger partial charge < -0.3 is 5.32 Å². The first-order valence-electron chi connectivity index (χ1n) is 6.44. The molecule has 1 N–H and O–H groups in total. The lowest BCUT2D eigenvalue weighted by atomic mass is 10.0. The molecule has 1 nitrogen and oxygen atoms in total. The zero-order chi connectivity index (χ0) is 14.7. The molecule has 0 amide bonds. The Labute approximate surface area is 132 Å². The van der Waals surface area contributed by atoms with Crippen molar-refractivity contribution in [2.45, 2.75) is 25.9 Å². The maximum absolute atomic E-state index is 13.9. The predicted molar refractivity (Wildman–Crippen MR) is 85.5 cm³/mol. The van der Waals surface area contributed by atoms with Crippen molar-refractivity contribution < 1.29 is 4.39 Å². The molecule has 2 rings (SSSR count). The van der Waals surface area contributed by atoms with Gasteiger partial charge in [-0.1, -0.05) is 51.8 Å². The second-order valence-corrected chi connectivity index (χ2v) is 6.12. The molecule has 1 unspecified atom stereocenters. The molecule has 2 atom stereocenters. The average Bonchev–Trinajstić information content (AvgIpc) is 2.38. The Morgan fingerprint density at radius 2 is 1.70 bits per heavy atom. The molecular formula is C16H16BrClFN. The van der Waals surface area contributed by atoms with Gasteiger partial charge in [0.25, 0.3) is 0 Å². The first-order valence-corrected chi connectivity index (χ1v) is 7.61. The molecule has 0 aliphatic rings. The summed E-state index contributed by atoms with van der Waals surface area (Å²) in [4.78, 5) is 0. The van der Waals surface area contributed by atoms with E-state index in [1.165, 1.54) is 6.07 Å². The predicted octanol–water partition coefficient (Wildman–Crippen LogP) is 5.65. The first kappa shape index (κ1) is 15.5. The van der Waals surface area contributed by atoms with E-state index in [4.69, 9.17) is 11.6 Å². The van der Waals surface area contributed by atoms with Crippen LogP contribution in [0.5, 0.6) is 0 Å². The zero-order valence-electron chi connectivity index (χ0n) is 11.3. The van der Waals surface area contributed by atoms with Crippen LogP contribution < -0.4 is 5.32 Å². The topological polar surface area (TPSA) is 12.0 Å². The van der Waals surface area contributed by atoms with E-state index >= 15 is 0 Å². The minimum atomic E-state index is -0.217. The molecule has 0 bridgehead atoms. The SMILES string of the molecule is CC(N[C@H](C)c1ccccc1Cl)c1ccc(Br)cc1F. The average molecular weight is 357 g/mol. The molecule has 0 saturated carbocycles. The molecule has 0 heterocycles. The van der Waals surface area contributed by atoms with Crippen molar-refractivity contribution in [1.82, 2.24) is 5.32 Å². The summed E-state index contributed by atoms with van der Waals surface area (Å²) in [6, 6.07) is 12.7. The highest BCUT2D eigenvalue weighted by Crippen LogP contribution is 2.26. The van der Waals surface area contributed by atoms with E-state index in [-0.39, 0.29) is 17.9 Å². The summed E-state index contributed by atoms with van der Waals surface area (Å²) in [5.41, 5.74) is 1.66. The number of nitrogens with one attached hydrogen (secondary N) is 1. The Bertz CT molecular complexity index is 603. The first-order chi connectivity index (χ1) is 9.49. The van der Waals surface area contributed by atoms with Crippen LogP contribution in [0.2, 0.25) is 5.02 Å². The summed E-state index contributed by atoms with van der Waals surface area (Å²) in [5, 5.41) is 4.09. The van der Waals surface area contributed by atoms with E-state index in [0.717, 1.165) is 15.1 Å². The largest absolute Gasteiger partial charge is 0.303 e. The van der Waals surface area contributed by atoms with E-state index in [1.807, 2.05) is 44.2 Å². The Balaban J connectivity index is 2.15. The van der Waals surface area contributed by atoms with E-state index in [9.17, 15) is 4.39 Å². The van der Waals surface area contributed by atoms with Crippen molar-refractivity contribution in [3.8, 4) is 0 Å². The highest BCUT2D eigenvalue weighted by molar-refractivity contribution is 9.10. The van der Waals surface area contributed by atoms with Gasteiger partial charge in [0, 0.05) is 27.1 Å². The van der Waals surface area contributed by atoms with Gasteiger partial charge in [-0.15, -0.1) is 0 Å². The van der Waals surface area contributed by atoms with Crippen molar-refractivity contribution in [3.63, 3.8) is 0 Å². The smallest absolute Gasteiger partial charge is 0.129 e. The van der Waals surface area contributed by atoms with Crippen LogP contribution >= 0.6 is 27.5 Å². The summed E-state index contributed by atoms with van der Waals surface area (Å²) in [6.07, 6.45) is 0. The fraction of sp³-hybridized carbons (Fsp3) is 0.250. The molecule has 106 valence electrons. The van der Waals surface area contributed by atoms with E-state index in [2.05, 4.69) is 21.2 Å². The molecule has 2 aromatic rings. The third kappa shape index (κ3) is 3.60. The van der Waals surface area contributed by atoms with Gasteiger partial charge in [0.05, 0.1) is 0 Å². The summed E-state index contributed by atoms with van der Waals surface area (Å²) >= 11 is 9.44. The van der Waals surface area contributed by atoms with Gasteiger partial charge in [-0.05, 0) is 37.6 Å². The fourth-order valence-electron chi connectivity index (χ4n) is 2.23. The lowest BCUT2D eigenvalue weighted by Gasteiger charge is -2.22. The van der Waals surface area contributed by atoms with Gasteiger partial charge in [-0.2, -0.15) is 0 Å². The van der Waals surface area contributed by atoms with Crippen LogP contribution in [0, 0.1) is 5.82 Å². The summed E-state index contributed by atoms with van der Waals surface area (Å²) < 4.78 is 14.7. The van der Waals surface area contributed by atoms with Crippen molar-refractivity contribution in [3.05, 3.63) is 68.9 Å². The van der Waals surface area contributed by atoms with Crippen molar-refractivity contribution >= 4 is 27.5 Å². The molecule has 20 heavy (non-hydrogen) atoms. The number of hydrogen-bond donors (Lipinski definition) is 1. The zero-order valence-corrected chi connectivity index (χ0v) is 13.7. The summed E-state index contributed by atoms with van der Waals surface area (Å²) in [5.74, 6) is -0.217. The van der Waals surface area contributed by atoms with Crippen LogP contribution in [0.3, 0.4) is 0 Å². The Morgan fingerprint density at radius 1 is 1.05 bits per heavy atom. The molecule has 0 saturated heterocycles. The molecule has 0 aliphatic carbocycles. The minimum absolute atomic E-state index is 0.0433. The third-order valence-electron chi connectivity index (χ3n) is 3.30. The molecular weight excluding hydrogens is 341 g/mol. The lowest BCUT2D eigenvalue weighted by Crippen LogP contribution is -2.23. The van der Waals surface area contributed by atoms with Crippen LogP contribution in [-0.2, 0) is 0 Å². The third-order valence-corrected chi connectivity index (χ3v) is 4.14. The van der Waals surface area contributed by atoms with Crippen molar-refractivity contribution in [2.75, 3.05) is 0 Å². The Morgan fingerprint density at radius 3 is 2.35 bits per heavy atom. The van der Waals surface area contributed by atoms with Crippen LogP contribution in [0.1, 0.15) is 37.1 Å². The fourth-order valence-corrected chi connectivity index (χ4v) is 2.87. The normalized spacial score (nSPS) is 14.1. The number of hydrogen-bond acceptors (Lipinski definition) is 1. The Kier molecular flexibility index (Phi) is 5.19. The monoisotopic (exact) mass is 355 g/mol. The van der Waals surface area contributed by atoms with Crippen LogP contribution in [0.4, 0.5) is 4.39 Å². The second-order valence-electron chi connectivity index (χ2n) is 4.80. The van der Waals surface area contributed by atoms with Gasteiger partial charge in [-0.25, -0.2) is 4.39 Å². The van der Waals surface area contributed by atoms with E-state index in [1.54, 1.807) is 6.07 Å². The van der Waals surface area contributed by atoms with Crippen molar-refractivity contribution in [1.29, 1.82) is 0 Å². The van der Waals surface area contributed by atoms with Gasteiger partial charge in [-0.3, -0.25) is 0 Å². The molecule has 4 heteroatoms. The Hall–Kier alpha value is -0.900. The maximum Gasteiger partial charge on any atom is 0.129 e. The molecule has 2 aromatic carbocycles.